The van der Waals surface area contributed by atoms with Crippen molar-refractivity contribution in [1.82, 2.24) is 9.36 Å². The molecule has 0 spiro atoms. The van der Waals surface area contributed by atoms with Gasteiger partial charge >= 0.3 is 0 Å². The summed E-state index contributed by atoms with van der Waals surface area (Å²) in [6, 6.07) is 7.30. The van der Waals surface area contributed by atoms with Gasteiger partial charge in [-0.05, 0) is 13.0 Å². The van der Waals surface area contributed by atoms with E-state index in [2.05, 4.69) is 9.36 Å². The molecule has 4 nitrogen and oxygen atoms in total. The predicted octanol–water partition coefficient (Wildman–Crippen LogP) is 2.13. The van der Waals surface area contributed by atoms with Gasteiger partial charge in [-0.2, -0.15) is 9.36 Å². The van der Waals surface area contributed by atoms with Gasteiger partial charge < -0.3 is 9.84 Å². The van der Waals surface area contributed by atoms with E-state index >= 15 is 0 Å². The standard InChI is InChI=1S/C10H10N2O2S/c1-7-11-10(15-12-7)14-9-5-3-2-4-8(9)6-13/h2-5,13H,6H2,1H3. The molecule has 1 N–H and O–H groups in total. The minimum Gasteiger partial charge on any atom is -0.429 e. The zero-order valence-corrected chi connectivity index (χ0v) is 8.99. The third-order valence-corrected chi connectivity index (χ3v) is 2.54. The number of nitrogens with zero attached hydrogens (tertiary/aromatic N) is 2. The molecule has 5 heteroatoms. The summed E-state index contributed by atoms with van der Waals surface area (Å²) < 4.78 is 9.52. The highest BCUT2D eigenvalue weighted by atomic mass is 32.1. The molecule has 1 heterocycles. The van der Waals surface area contributed by atoms with Gasteiger partial charge in [0.25, 0.3) is 5.19 Å². The summed E-state index contributed by atoms with van der Waals surface area (Å²) in [6.07, 6.45) is 0. The first-order valence-corrected chi connectivity index (χ1v) is 5.24. The van der Waals surface area contributed by atoms with Gasteiger partial charge in [-0.3, -0.25) is 0 Å². The SMILES string of the molecule is Cc1nsc(Oc2ccccc2CO)n1. The second kappa shape index (κ2) is 4.37. The van der Waals surface area contributed by atoms with Crippen LogP contribution < -0.4 is 4.74 Å². The Morgan fingerprint density at radius 2 is 2.20 bits per heavy atom. The highest BCUT2D eigenvalue weighted by Gasteiger charge is 2.06. The van der Waals surface area contributed by atoms with Crippen LogP contribution in [-0.4, -0.2) is 14.5 Å². The highest BCUT2D eigenvalue weighted by molar-refractivity contribution is 7.07. The number of hydrogen-bond acceptors (Lipinski definition) is 5. The molecular weight excluding hydrogens is 212 g/mol. The van der Waals surface area contributed by atoms with Crippen molar-refractivity contribution >= 4 is 11.5 Å². The molecule has 0 aliphatic heterocycles. The van der Waals surface area contributed by atoms with Gasteiger partial charge in [-0.15, -0.1) is 0 Å². The van der Waals surface area contributed by atoms with Crippen LogP contribution in [-0.2, 0) is 6.61 Å². The normalized spacial score (nSPS) is 10.3. The molecule has 15 heavy (non-hydrogen) atoms. The van der Waals surface area contributed by atoms with E-state index in [0.29, 0.717) is 16.8 Å². The van der Waals surface area contributed by atoms with Crippen molar-refractivity contribution in [3.8, 4) is 10.9 Å². The van der Waals surface area contributed by atoms with E-state index < -0.39 is 0 Å². The quantitative estimate of drug-likeness (QED) is 0.864. The van der Waals surface area contributed by atoms with Crippen molar-refractivity contribution in [3.63, 3.8) is 0 Å². The van der Waals surface area contributed by atoms with Crippen LogP contribution in [0.15, 0.2) is 24.3 Å². The smallest absolute Gasteiger partial charge is 0.298 e. The van der Waals surface area contributed by atoms with Crippen LogP contribution in [0.5, 0.6) is 10.9 Å². The maximum Gasteiger partial charge on any atom is 0.298 e. The van der Waals surface area contributed by atoms with Crippen molar-refractivity contribution in [2.75, 3.05) is 0 Å². The Balaban J connectivity index is 2.23. The van der Waals surface area contributed by atoms with Gasteiger partial charge in [-0.25, -0.2) is 0 Å². The molecule has 0 radical (unpaired) electrons. The number of aromatic nitrogens is 2. The third-order valence-electron chi connectivity index (χ3n) is 1.85. The minimum absolute atomic E-state index is 0.0477. The fourth-order valence-electron chi connectivity index (χ4n) is 1.15. The molecule has 2 aromatic rings. The van der Waals surface area contributed by atoms with E-state index in [1.807, 2.05) is 18.2 Å². The highest BCUT2D eigenvalue weighted by Crippen LogP contribution is 2.26. The summed E-state index contributed by atoms with van der Waals surface area (Å²) in [5.74, 6) is 1.31. The summed E-state index contributed by atoms with van der Waals surface area (Å²) in [4.78, 5) is 4.08. The van der Waals surface area contributed by atoms with Gasteiger partial charge in [0, 0.05) is 17.1 Å². The minimum atomic E-state index is -0.0477. The molecule has 0 saturated carbocycles. The van der Waals surface area contributed by atoms with E-state index in [1.54, 1.807) is 13.0 Å². The molecule has 1 aromatic carbocycles. The number of aliphatic hydroxyl groups is 1. The molecular formula is C10H10N2O2S. The number of ether oxygens (including phenoxy) is 1. The second-order valence-electron chi connectivity index (χ2n) is 2.98. The van der Waals surface area contributed by atoms with E-state index in [9.17, 15) is 0 Å². The lowest BCUT2D eigenvalue weighted by Crippen LogP contribution is -1.90. The van der Waals surface area contributed by atoms with Crippen molar-refractivity contribution < 1.29 is 9.84 Å². The molecule has 0 bridgehead atoms. The van der Waals surface area contributed by atoms with Crippen LogP contribution in [0, 0.1) is 6.92 Å². The molecule has 78 valence electrons. The Kier molecular flexibility index (Phi) is 2.94. The zero-order chi connectivity index (χ0) is 10.7. The molecule has 0 aliphatic carbocycles. The van der Waals surface area contributed by atoms with Crippen molar-refractivity contribution in [2.24, 2.45) is 0 Å². The van der Waals surface area contributed by atoms with E-state index in [-0.39, 0.29) is 6.61 Å². The fraction of sp³-hybridized carbons (Fsp3) is 0.200. The summed E-state index contributed by atoms with van der Waals surface area (Å²) in [7, 11) is 0. The van der Waals surface area contributed by atoms with Crippen LogP contribution in [0.3, 0.4) is 0 Å². The van der Waals surface area contributed by atoms with Crippen molar-refractivity contribution in [1.29, 1.82) is 0 Å². The van der Waals surface area contributed by atoms with Crippen molar-refractivity contribution in [3.05, 3.63) is 35.7 Å². The molecule has 0 fully saturated rings. The lowest BCUT2D eigenvalue weighted by molar-refractivity contribution is 0.276. The lowest BCUT2D eigenvalue weighted by atomic mass is 10.2. The van der Waals surface area contributed by atoms with Crippen LogP contribution in [0.25, 0.3) is 0 Å². The monoisotopic (exact) mass is 222 g/mol. The second-order valence-corrected chi connectivity index (χ2v) is 3.69. The largest absolute Gasteiger partial charge is 0.429 e. The zero-order valence-electron chi connectivity index (χ0n) is 8.17. The van der Waals surface area contributed by atoms with Gasteiger partial charge in [0.15, 0.2) is 0 Å². The van der Waals surface area contributed by atoms with E-state index in [4.69, 9.17) is 9.84 Å². The molecule has 0 saturated heterocycles. The third kappa shape index (κ3) is 2.31. The molecule has 0 amide bonds. The number of rotatable bonds is 3. The summed E-state index contributed by atoms with van der Waals surface area (Å²) in [6.45, 7) is 1.76. The molecule has 1 aromatic heterocycles. The Morgan fingerprint density at radius 3 is 2.87 bits per heavy atom. The first-order chi connectivity index (χ1) is 7.29. The Morgan fingerprint density at radius 1 is 1.40 bits per heavy atom. The summed E-state index contributed by atoms with van der Waals surface area (Å²) in [5.41, 5.74) is 0.741. The predicted molar refractivity (Wildman–Crippen MR) is 57.1 cm³/mol. The van der Waals surface area contributed by atoms with Gasteiger partial charge in [0.2, 0.25) is 0 Å². The van der Waals surface area contributed by atoms with Crippen LogP contribution >= 0.6 is 11.5 Å². The van der Waals surface area contributed by atoms with Crippen molar-refractivity contribution in [2.45, 2.75) is 13.5 Å². The fourth-order valence-corrected chi connectivity index (χ4v) is 1.70. The molecule has 2 rings (SSSR count). The van der Waals surface area contributed by atoms with Gasteiger partial charge in [-0.1, -0.05) is 18.2 Å². The molecule has 0 unspecified atom stereocenters. The summed E-state index contributed by atoms with van der Waals surface area (Å²) >= 11 is 1.20. The topological polar surface area (TPSA) is 55.2 Å². The van der Waals surface area contributed by atoms with Gasteiger partial charge in [0.1, 0.15) is 11.6 Å². The van der Waals surface area contributed by atoms with E-state index in [0.717, 1.165) is 5.56 Å². The number of benzene rings is 1. The number of hydrogen-bond donors (Lipinski definition) is 1. The Labute approximate surface area is 91.3 Å². The van der Waals surface area contributed by atoms with E-state index in [1.165, 1.54) is 11.5 Å². The van der Waals surface area contributed by atoms with Crippen LogP contribution in [0.4, 0.5) is 0 Å². The first-order valence-electron chi connectivity index (χ1n) is 4.46. The van der Waals surface area contributed by atoms with Crippen LogP contribution in [0.2, 0.25) is 0 Å². The average molecular weight is 222 g/mol. The van der Waals surface area contributed by atoms with Crippen LogP contribution in [0.1, 0.15) is 11.4 Å². The summed E-state index contributed by atoms with van der Waals surface area (Å²) in [5, 5.41) is 9.58. The maximum atomic E-state index is 9.09. The average Bonchev–Trinajstić information content (AvgIpc) is 2.65. The number of aryl methyl sites for hydroxylation is 1. The molecule has 0 aliphatic rings. The number of aliphatic hydroxyl groups excluding tert-OH is 1. The molecule has 0 atom stereocenters. The lowest BCUT2D eigenvalue weighted by Gasteiger charge is -2.05. The maximum absolute atomic E-state index is 9.09. The Hall–Kier alpha value is -1.46. The number of para-hydroxylation sites is 1. The Bertz CT molecular complexity index is 456. The first kappa shape index (κ1) is 10.1. The van der Waals surface area contributed by atoms with Gasteiger partial charge in [0.05, 0.1) is 6.61 Å².